The van der Waals surface area contributed by atoms with Crippen LogP contribution in [-0.2, 0) is 0 Å². The molecule has 0 aromatic heterocycles. The summed E-state index contributed by atoms with van der Waals surface area (Å²) in [6, 6.07) is 0.0481. The molecule has 1 saturated heterocycles. The van der Waals surface area contributed by atoms with E-state index in [4.69, 9.17) is 5.73 Å². The Hall–Kier alpha value is 0.580. The van der Waals surface area contributed by atoms with Crippen molar-refractivity contribution in [2.24, 2.45) is 11.7 Å². The molecular formula is C5H10FIN2. The van der Waals surface area contributed by atoms with Gasteiger partial charge in [-0.1, -0.05) is 0 Å². The summed E-state index contributed by atoms with van der Waals surface area (Å²) in [7, 11) is 0. The van der Waals surface area contributed by atoms with Crippen molar-refractivity contribution < 1.29 is 4.39 Å². The standard InChI is InChI=1S/C5H10FIN2/c6-1-4-2-9(7)3-5(4)8/h4-5H,1-3,8H2. The number of rotatable bonds is 1. The number of hydrogen-bond donors (Lipinski definition) is 1. The van der Waals surface area contributed by atoms with Crippen LogP contribution in [0.15, 0.2) is 0 Å². The van der Waals surface area contributed by atoms with Gasteiger partial charge < -0.3 is 5.73 Å². The predicted molar refractivity (Wildman–Crippen MR) is 43.0 cm³/mol. The number of halogens is 2. The lowest BCUT2D eigenvalue weighted by Crippen LogP contribution is -2.29. The van der Waals surface area contributed by atoms with Crippen LogP contribution in [0.2, 0.25) is 0 Å². The minimum absolute atomic E-state index is 0.0481. The van der Waals surface area contributed by atoms with Crippen LogP contribution in [0.1, 0.15) is 0 Å². The molecule has 1 aliphatic rings. The Morgan fingerprint density at radius 1 is 1.67 bits per heavy atom. The number of nitrogens with zero attached hydrogens (tertiary/aromatic N) is 1. The van der Waals surface area contributed by atoms with Crippen LogP contribution >= 0.6 is 22.9 Å². The Balaban J connectivity index is 2.38. The van der Waals surface area contributed by atoms with Crippen LogP contribution in [0.5, 0.6) is 0 Å². The summed E-state index contributed by atoms with van der Waals surface area (Å²) >= 11 is 2.17. The van der Waals surface area contributed by atoms with E-state index in [-0.39, 0.29) is 18.6 Å². The highest BCUT2D eigenvalue weighted by molar-refractivity contribution is 14.1. The molecule has 1 fully saturated rings. The Kier molecular flexibility index (Phi) is 2.66. The van der Waals surface area contributed by atoms with Crippen molar-refractivity contribution in [2.45, 2.75) is 6.04 Å². The maximum atomic E-state index is 12.0. The zero-order valence-electron chi connectivity index (χ0n) is 5.06. The van der Waals surface area contributed by atoms with Crippen LogP contribution in [0.25, 0.3) is 0 Å². The summed E-state index contributed by atoms with van der Waals surface area (Å²) < 4.78 is 14.0. The van der Waals surface area contributed by atoms with Crippen LogP contribution in [0.4, 0.5) is 4.39 Å². The third-order valence-electron chi connectivity index (χ3n) is 1.65. The fourth-order valence-corrected chi connectivity index (χ4v) is 1.97. The topological polar surface area (TPSA) is 29.3 Å². The maximum absolute atomic E-state index is 12.0. The molecule has 0 bridgehead atoms. The molecule has 2 atom stereocenters. The van der Waals surface area contributed by atoms with E-state index in [0.29, 0.717) is 0 Å². The van der Waals surface area contributed by atoms with Crippen molar-refractivity contribution in [1.82, 2.24) is 3.11 Å². The molecule has 1 aliphatic heterocycles. The monoisotopic (exact) mass is 244 g/mol. The van der Waals surface area contributed by atoms with Crippen molar-refractivity contribution in [3.05, 3.63) is 0 Å². The van der Waals surface area contributed by atoms with Gasteiger partial charge in [0, 0.05) is 47.9 Å². The molecule has 0 aromatic carbocycles. The third-order valence-corrected chi connectivity index (χ3v) is 2.43. The smallest absolute Gasteiger partial charge is 0.0950 e. The molecule has 0 saturated carbocycles. The Morgan fingerprint density at radius 3 is 2.56 bits per heavy atom. The molecule has 54 valence electrons. The SMILES string of the molecule is NC1CN(I)CC1CF. The second-order valence-corrected chi connectivity index (χ2v) is 3.77. The van der Waals surface area contributed by atoms with E-state index in [0.717, 1.165) is 13.1 Å². The number of alkyl halides is 1. The van der Waals surface area contributed by atoms with Crippen molar-refractivity contribution in [3.63, 3.8) is 0 Å². The van der Waals surface area contributed by atoms with Gasteiger partial charge in [0.05, 0.1) is 6.67 Å². The van der Waals surface area contributed by atoms with E-state index < -0.39 is 0 Å². The van der Waals surface area contributed by atoms with Crippen LogP contribution in [0, 0.1) is 5.92 Å². The van der Waals surface area contributed by atoms with Crippen LogP contribution in [0.3, 0.4) is 0 Å². The number of hydrogen-bond acceptors (Lipinski definition) is 2. The second-order valence-electron chi connectivity index (χ2n) is 2.41. The van der Waals surface area contributed by atoms with Gasteiger partial charge in [-0.3, -0.25) is 4.39 Å². The van der Waals surface area contributed by atoms with Crippen molar-refractivity contribution in [2.75, 3.05) is 19.8 Å². The molecule has 2 nitrogen and oxygen atoms in total. The summed E-state index contributed by atoms with van der Waals surface area (Å²) in [4.78, 5) is 0. The molecule has 0 radical (unpaired) electrons. The molecular weight excluding hydrogens is 234 g/mol. The molecule has 2 N–H and O–H groups in total. The quantitative estimate of drug-likeness (QED) is 0.539. The lowest BCUT2D eigenvalue weighted by Gasteiger charge is -2.06. The van der Waals surface area contributed by atoms with E-state index in [1.165, 1.54) is 0 Å². The first-order valence-corrected chi connectivity index (χ1v) is 3.93. The van der Waals surface area contributed by atoms with Gasteiger partial charge in [-0.2, -0.15) is 0 Å². The molecule has 0 aromatic rings. The first-order chi connectivity index (χ1) is 4.24. The maximum Gasteiger partial charge on any atom is 0.0950 e. The van der Waals surface area contributed by atoms with Gasteiger partial charge >= 0.3 is 0 Å². The van der Waals surface area contributed by atoms with Crippen molar-refractivity contribution >= 4 is 22.9 Å². The largest absolute Gasteiger partial charge is 0.326 e. The molecule has 0 aliphatic carbocycles. The Morgan fingerprint density at radius 2 is 2.33 bits per heavy atom. The van der Waals surface area contributed by atoms with Gasteiger partial charge in [0.25, 0.3) is 0 Å². The molecule has 1 rings (SSSR count). The molecule has 9 heavy (non-hydrogen) atoms. The minimum atomic E-state index is -0.277. The van der Waals surface area contributed by atoms with Gasteiger partial charge in [-0.05, 0) is 0 Å². The zero-order chi connectivity index (χ0) is 6.85. The normalized spacial score (nSPS) is 37.7. The summed E-state index contributed by atoms with van der Waals surface area (Å²) in [5, 5.41) is 0. The highest BCUT2D eigenvalue weighted by Crippen LogP contribution is 2.18. The Bertz CT molecular complexity index is 101. The average Bonchev–Trinajstić information content (AvgIpc) is 2.10. The first-order valence-electron chi connectivity index (χ1n) is 2.96. The number of nitrogens with two attached hydrogens (primary N) is 1. The van der Waals surface area contributed by atoms with Gasteiger partial charge in [-0.25, -0.2) is 3.11 Å². The van der Waals surface area contributed by atoms with E-state index in [2.05, 4.69) is 22.9 Å². The predicted octanol–water partition coefficient (Wildman–Crippen LogP) is 0.565. The summed E-state index contributed by atoms with van der Waals surface area (Å²) in [5.74, 6) is 0.0712. The van der Waals surface area contributed by atoms with Gasteiger partial charge in [0.2, 0.25) is 0 Å². The van der Waals surface area contributed by atoms with Gasteiger partial charge in [0.15, 0.2) is 0 Å². The summed E-state index contributed by atoms with van der Waals surface area (Å²) in [5.41, 5.74) is 5.59. The van der Waals surface area contributed by atoms with Crippen molar-refractivity contribution in [3.8, 4) is 0 Å². The Labute approximate surface area is 68.1 Å². The first kappa shape index (κ1) is 7.68. The van der Waals surface area contributed by atoms with Crippen LogP contribution in [-0.4, -0.2) is 28.9 Å². The van der Waals surface area contributed by atoms with E-state index in [1.807, 2.05) is 3.11 Å². The fraction of sp³-hybridized carbons (Fsp3) is 1.00. The second kappa shape index (κ2) is 3.12. The highest BCUT2D eigenvalue weighted by atomic mass is 127. The van der Waals surface area contributed by atoms with E-state index in [9.17, 15) is 4.39 Å². The molecule has 0 amide bonds. The average molecular weight is 244 g/mol. The summed E-state index contributed by atoms with van der Waals surface area (Å²) in [6.45, 7) is 1.36. The fourth-order valence-electron chi connectivity index (χ4n) is 1.01. The lowest BCUT2D eigenvalue weighted by atomic mass is 10.1. The van der Waals surface area contributed by atoms with E-state index in [1.54, 1.807) is 0 Å². The van der Waals surface area contributed by atoms with Gasteiger partial charge in [-0.15, -0.1) is 0 Å². The lowest BCUT2D eigenvalue weighted by molar-refractivity contribution is 0.355. The molecule has 1 heterocycles. The molecule has 4 heteroatoms. The highest BCUT2D eigenvalue weighted by Gasteiger charge is 2.28. The van der Waals surface area contributed by atoms with Gasteiger partial charge in [0.1, 0.15) is 0 Å². The molecule has 0 spiro atoms. The third kappa shape index (κ3) is 1.75. The zero-order valence-corrected chi connectivity index (χ0v) is 7.21. The van der Waals surface area contributed by atoms with Crippen LogP contribution < -0.4 is 5.73 Å². The van der Waals surface area contributed by atoms with E-state index >= 15 is 0 Å². The minimum Gasteiger partial charge on any atom is -0.326 e. The van der Waals surface area contributed by atoms with Crippen molar-refractivity contribution in [1.29, 1.82) is 0 Å². The summed E-state index contributed by atoms with van der Waals surface area (Å²) in [6.07, 6.45) is 0. The molecule has 2 unspecified atom stereocenters.